The van der Waals surface area contributed by atoms with Gasteiger partial charge in [-0.1, -0.05) is 42.5 Å². The lowest BCUT2D eigenvalue weighted by molar-refractivity contribution is -0.330. The first-order valence-electron chi connectivity index (χ1n) is 6.16. The van der Waals surface area contributed by atoms with Gasteiger partial charge in [-0.2, -0.15) is 0 Å². The van der Waals surface area contributed by atoms with E-state index < -0.39 is 11.9 Å². The summed E-state index contributed by atoms with van der Waals surface area (Å²) in [5.74, 6) is 0. The number of fused-ring (bicyclic) bond motifs is 1. The molecule has 1 heterocycles. The lowest BCUT2D eigenvalue weighted by Crippen LogP contribution is -2.37. The standard InChI is InChI=1S/C14H8F3N3O2/c15-14(16,17)22-20-13(21)12-10(9-5-2-1-3-6-9)7-4-8-11(12)18-19-20/h1-8H. The third kappa shape index (κ3) is 2.62. The van der Waals surface area contributed by atoms with Crippen molar-refractivity contribution in [2.45, 2.75) is 6.36 Å². The molecule has 0 spiro atoms. The highest BCUT2D eigenvalue weighted by atomic mass is 19.4. The van der Waals surface area contributed by atoms with E-state index >= 15 is 0 Å². The van der Waals surface area contributed by atoms with Crippen LogP contribution in [0.3, 0.4) is 0 Å². The summed E-state index contributed by atoms with van der Waals surface area (Å²) in [6.07, 6.45) is -5.03. The number of hydrogen-bond donors (Lipinski definition) is 0. The van der Waals surface area contributed by atoms with Crippen LogP contribution in [0.4, 0.5) is 13.2 Å². The molecule has 0 saturated carbocycles. The van der Waals surface area contributed by atoms with Crippen LogP contribution in [-0.4, -0.2) is 21.5 Å². The number of alkyl halides is 3. The minimum atomic E-state index is -5.03. The van der Waals surface area contributed by atoms with Crippen molar-refractivity contribution in [2.75, 3.05) is 0 Å². The number of nitrogens with zero attached hydrogens (tertiary/aromatic N) is 3. The molecule has 0 bridgehead atoms. The predicted octanol–water partition coefficient (Wildman–Crippen LogP) is 2.41. The minimum Gasteiger partial charge on any atom is -0.290 e. The van der Waals surface area contributed by atoms with Gasteiger partial charge in [-0.25, -0.2) is 0 Å². The monoisotopic (exact) mass is 307 g/mol. The van der Waals surface area contributed by atoms with Gasteiger partial charge in [0.25, 0.3) is 0 Å². The zero-order valence-corrected chi connectivity index (χ0v) is 10.9. The minimum absolute atomic E-state index is 0.00736. The Morgan fingerprint density at radius 1 is 1.00 bits per heavy atom. The maximum atomic E-state index is 12.3. The number of hydrogen-bond acceptors (Lipinski definition) is 4. The highest BCUT2D eigenvalue weighted by molar-refractivity contribution is 5.93. The Kier molecular flexibility index (Phi) is 3.28. The molecule has 22 heavy (non-hydrogen) atoms. The molecule has 2 aromatic carbocycles. The van der Waals surface area contributed by atoms with Crippen LogP contribution < -0.4 is 10.4 Å². The maximum Gasteiger partial charge on any atom is 0.593 e. The van der Waals surface area contributed by atoms with Crippen LogP contribution in [0.15, 0.2) is 53.3 Å². The van der Waals surface area contributed by atoms with Gasteiger partial charge in [0.15, 0.2) is 0 Å². The Morgan fingerprint density at radius 3 is 2.41 bits per heavy atom. The zero-order chi connectivity index (χ0) is 15.7. The fraction of sp³-hybridized carbons (Fsp3) is 0.0714. The molecule has 0 fully saturated rings. The van der Waals surface area contributed by atoms with E-state index in [2.05, 4.69) is 15.1 Å². The Hall–Kier alpha value is -2.90. The maximum absolute atomic E-state index is 12.3. The average Bonchev–Trinajstić information content (AvgIpc) is 2.49. The van der Waals surface area contributed by atoms with Crippen LogP contribution >= 0.6 is 0 Å². The number of aromatic nitrogens is 3. The molecule has 3 rings (SSSR count). The summed E-state index contributed by atoms with van der Waals surface area (Å²) in [7, 11) is 0. The Morgan fingerprint density at radius 2 is 1.73 bits per heavy atom. The summed E-state index contributed by atoms with van der Waals surface area (Å²) in [6.45, 7) is 0. The van der Waals surface area contributed by atoms with Gasteiger partial charge >= 0.3 is 11.9 Å². The first kappa shape index (κ1) is 14.1. The fourth-order valence-corrected chi connectivity index (χ4v) is 2.09. The van der Waals surface area contributed by atoms with Crippen molar-refractivity contribution in [2.24, 2.45) is 0 Å². The van der Waals surface area contributed by atoms with Gasteiger partial charge in [0.1, 0.15) is 5.52 Å². The topological polar surface area (TPSA) is 57.0 Å². The number of halogens is 3. The molecule has 0 saturated heterocycles. The summed E-state index contributed by atoms with van der Waals surface area (Å²) < 4.78 is 36.9. The van der Waals surface area contributed by atoms with Crippen molar-refractivity contribution in [3.05, 3.63) is 58.9 Å². The van der Waals surface area contributed by atoms with Crippen LogP contribution in [0.1, 0.15) is 0 Å². The molecule has 5 nitrogen and oxygen atoms in total. The average molecular weight is 307 g/mol. The molecule has 0 radical (unpaired) electrons. The highest BCUT2D eigenvalue weighted by Crippen LogP contribution is 2.24. The quantitative estimate of drug-likeness (QED) is 0.729. The fourth-order valence-electron chi connectivity index (χ4n) is 2.09. The van der Waals surface area contributed by atoms with Crippen LogP contribution in [0.5, 0.6) is 0 Å². The third-order valence-corrected chi connectivity index (χ3v) is 2.94. The normalized spacial score (nSPS) is 11.6. The van der Waals surface area contributed by atoms with Crippen molar-refractivity contribution < 1.29 is 18.0 Å². The van der Waals surface area contributed by atoms with Gasteiger partial charge < -0.3 is 0 Å². The second kappa shape index (κ2) is 5.14. The Bertz CT molecular complexity index is 876. The molecule has 112 valence electrons. The molecule has 0 aliphatic carbocycles. The molecule has 3 aromatic rings. The first-order valence-corrected chi connectivity index (χ1v) is 6.16. The summed E-state index contributed by atoms with van der Waals surface area (Å²) >= 11 is 0. The molecule has 0 N–H and O–H groups in total. The van der Waals surface area contributed by atoms with Gasteiger partial charge in [-0.3, -0.25) is 9.63 Å². The van der Waals surface area contributed by atoms with Crippen LogP contribution in [0, 0.1) is 0 Å². The molecule has 0 unspecified atom stereocenters. The summed E-state index contributed by atoms with van der Waals surface area (Å²) in [4.78, 5) is 15.6. The van der Waals surface area contributed by atoms with Gasteiger partial charge in [0.2, 0.25) is 0 Å². The predicted molar refractivity (Wildman–Crippen MR) is 71.9 cm³/mol. The van der Waals surface area contributed by atoms with E-state index in [1.165, 1.54) is 6.07 Å². The van der Waals surface area contributed by atoms with Crippen molar-refractivity contribution in [1.82, 2.24) is 15.2 Å². The van der Waals surface area contributed by atoms with E-state index in [4.69, 9.17) is 0 Å². The van der Waals surface area contributed by atoms with Gasteiger partial charge in [0.05, 0.1) is 5.39 Å². The van der Waals surface area contributed by atoms with Crippen LogP contribution in [-0.2, 0) is 0 Å². The lowest BCUT2D eigenvalue weighted by Gasteiger charge is -2.10. The molecule has 0 aliphatic heterocycles. The van der Waals surface area contributed by atoms with Crippen molar-refractivity contribution in [3.63, 3.8) is 0 Å². The molecule has 0 atom stereocenters. The summed E-state index contributed by atoms with van der Waals surface area (Å²) in [6, 6.07) is 13.5. The summed E-state index contributed by atoms with van der Waals surface area (Å²) in [5, 5.41) is 6.75. The van der Waals surface area contributed by atoms with Crippen molar-refractivity contribution >= 4 is 10.9 Å². The second-order valence-corrected chi connectivity index (χ2v) is 4.37. The molecule has 8 heteroatoms. The van der Waals surface area contributed by atoms with Gasteiger partial charge in [0, 0.05) is 0 Å². The first-order chi connectivity index (χ1) is 10.5. The van der Waals surface area contributed by atoms with Gasteiger partial charge in [-0.15, -0.1) is 18.3 Å². The molecule has 0 amide bonds. The number of rotatable bonds is 2. The zero-order valence-electron chi connectivity index (χ0n) is 10.9. The largest absolute Gasteiger partial charge is 0.593 e. The van der Waals surface area contributed by atoms with E-state index in [9.17, 15) is 18.0 Å². The smallest absolute Gasteiger partial charge is 0.290 e. The van der Waals surface area contributed by atoms with E-state index in [1.807, 2.05) is 0 Å². The van der Waals surface area contributed by atoms with Gasteiger partial charge in [-0.05, 0) is 27.3 Å². The third-order valence-electron chi connectivity index (χ3n) is 2.94. The lowest BCUT2D eigenvalue weighted by atomic mass is 10.0. The van der Waals surface area contributed by atoms with Crippen molar-refractivity contribution in [1.29, 1.82) is 0 Å². The summed E-state index contributed by atoms with van der Waals surface area (Å²) in [5.41, 5.74) is 0.296. The molecular weight excluding hydrogens is 299 g/mol. The second-order valence-electron chi connectivity index (χ2n) is 4.37. The van der Waals surface area contributed by atoms with Crippen molar-refractivity contribution in [3.8, 4) is 11.1 Å². The van der Waals surface area contributed by atoms with E-state index in [0.29, 0.717) is 11.1 Å². The number of benzene rings is 2. The SMILES string of the molecule is O=c1c2c(-c3ccccc3)cccc2nnn1OC(F)(F)F. The van der Waals surface area contributed by atoms with E-state index in [1.54, 1.807) is 42.5 Å². The van der Waals surface area contributed by atoms with Crippen LogP contribution in [0.2, 0.25) is 0 Å². The molecule has 1 aromatic heterocycles. The molecular formula is C14H8F3N3O2. The Balaban J connectivity index is 2.27. The van der Waals surface area contributed by atoms with Crippen LogP contribution in [0.25, 0.3) is 22.0 Å². The van der Waals surface area contributed by atoms with E-state index in [-0.39, 0.29) is 15.7 Å². The van der Waals surface area contributed by atoms with E-state index in [0.717, 1.165) is 0 Å². The molecule has 0 aliphatic rings. The highest BCUT2D eigenvalue weighted by Gasteiger charge is 2.33. The Labute approximate surface area is 121 Å².